The maximum Gasteiger partial charge on any atom is 0.338 e. The third kappa shape index (κ3) is 3.75. The average molecular weight is 306 g/mol. The van der Waals surface area contributed by atoms with Gasteiger partial charge < -0.3 is 10.1 Å². The van der Waals surface area contributed by atoms with E-state index in [-0.39, 0.29) is 23.9 Å². The van der Waals surface area contributed by atoms with Crippen molar-refractivity contribution in [3.8, 4) is 0 Å². The number of benzene rings is 1. The molecular formula is C16H22N2O4. The highest BCUT2D eigenvalue weighted by atomic mass is 16.6. The molecule has 0 bridgehead atoms. The summed E-state index contributed by atoms with van der Waals surface area (Å²) in [6, 6.07) is 4.70. The van der Waals surface area contributed by atoms with E-state index in [2.05, 4.69) is 12.2 Å². The van der Waals surface area contributed by atoms with Gasteiger partial charge in [0.15, 0.2) is 0 Å². The van der Waals surface area contributed by atoms with Crippen LogP contribution in [0.2, 0.25) is 0 Å². The van der Waals surface area contributed by atoms with Crippen LogP contribution in [-0.4, -0.2) is 23.5 Å². The van der Waals surface area contributed by atoms with Crippen molar-refractivity contribution in [2.75, 3.05) is 11.9 Å². The predicted octanol–water partition coefficient (Wildman–Crippen LogP) is 3.76. The zero-order valence-electron chi connectivity index (χ0n) is 13.0. The van der Waals surface area contributed by atoms with Crippen molar-refractivity contribution in [3.63, 3.8) is 0 Å². The Morgan fingerprint density at radius 2 is 2.14 bits per heavy atom. The summed E-state index contributed by atoms with van der Waals surface area (Å²) in [6.07, 6.45) is 4.49. The first kappa shape index (κ1) is 16.3. The van der Waals surface area contributed by atoms with Crippen molar-refractivity contribution in [1.29, 1.82) is 0 Å². The van der Waals surface area contributed by atoms with Gasteiger partial charge in [-0.25, -0.2) is 4.79 Å². The van der Waals surface area contributed by atoms with Gasteiger partial charge in [0.25, 0.3) is 5.69 Å². The molecule has 0 saturated heterocycles. The quantitative estimate of drug-likeness (QED) is 0.509. The molecule has 0 spiro atoms. The van der Waals surface area contributed by atoms with Crippen molar-refractivity contribution in [2.45, 2.75) is 45.6 Å². The number of nitro benzene ring substituents is 1. The maximum atomic E-state index is 11.7. The van der Waals surface area contributed by atoms with Crippen molar-refractivity contribution >= 4 is 17.3 Å². The van der Waals surface area contributed by atoms with Crippen LogP contribution in [0.4, 0.5) is 11.4 Å². The first-order chi connectivity index (χ1) is 10.5. The van der Waals surface area contributed by atoms with E-state index >= 15 is 0 Å². The number of rotatable bonds is 5. The molecule has 0 aromatic heterocycles. The van der Waals surface area contributed by atoms with Crippen molar-refractivity contribution in [3.05, 3.63) is 33.9 Å². The number of nitro groups is 1. The SMILES string of the molecule is CCOC(=O)c1ccc(N[C@@H]2CCCC[C@@H]2C)c([N+](=O)[O-])c1. The Bertz CT molecular complexity index is 559. The maximum absolute atomic E-state index is 11.7. The second-order valence-electron chi connectivity index (χ2n) is 5.72. The number of hydrogen-bond donors (Lipinski definition) is 1. The number of ether oxygens (including phenoxy) is 1. The molecule has 2 rings (SSSR count). The molecule has 1 aromatic carbocycles. The summed E-state index contributed by atoms with van der Waals surface area (Å²) >= 11 is 0. The first-order valence-corrected chi connectivity index (χ1v) is 7.75. The molecule has 1 aromatic rings. The van der Waals surface area contributed by atoms with Gasteiger partial charge in [0, 0.05) is 12.1 Å². The lowest BCUT2D eigenvalue weighted by atomic mass is 9.86. The average Bonchev–Trinajstić information content (AvgIpc) is 2.50. The molecule has 0 radical (unpaired) electrons. The smallest absolute Gasteiger partial charge is 0.338 e. The summed E-state index contributed by atoms with van der Waals surface area (Å²) in [5.74, 6) is -0.0544. The van der Waals surface area contributed by atoms with Gasteiger partial charge >= 0.3 is 5.97 Å². The number of anilines is 1. The van der Waals surface area contributed by atoms with Gasteiger partial charge in [0.05, 0.1) is 17.1 Å². The molecule has 0 aliphatic heterocycles. The van der Waals surface area contributed by atoms with Crippen LogP contribution < -0.4 is 5.32 Å². The highest BCUT2D eigenvalue weighted by molar-refractivity contribution is 5.91. The molecule has 22 heavy (non-hydrogen) atoms. The monoisotopic (exact) mass is 306 g/mol. The van der Waals surface area contributed by atoms with E-state index in [0.29, 0.717) is 11.6 Å². The molecule has 0 heterocycles. The summed E-state index contributed by atoms with van der Waals surface area (Å²) in [7, 11) is 0. The zero-order chi connectivity index (χ0) is 16.1. The number of nitrogens with one attached hydrogen (secondary N) is 1. The van der Waals surface area contributed by atoms with Crippen LogP contribution in [0.5, 0.6) is 0 Å². The lowest BCUT2D eigenvalue weighted by Gasteiger charge is -2.30. The summed E-state index contributed by atoms with van der Waals surface area (Å²) in [4.78, 5) is 22.5. The molecule has 1 aliphatic carbocycles. The van der Waals surface area contributed by atoms with Crippen LogP contribution in [0.1, 0.15) is 49.9 Å². The minimum absolute atomic E-state index is 0.0803. The molecule has 6 nitrogen and oxygen atoms in total. The van der Waals surface area contributed by atoms with E-state index in [1.54, 1.807) is 19.1 Å². The number of esters is 1. The Hall–Kier alpha value is -2.11. The summed E-state index contributed by atoms with van der Waals surface area (Å²) in [5, 5.41) is 14.6. The zero-order valence-corrected chi connectivity index (χ0v) is 13.0. The minimum atomic E-state index is -0.539. The third-order valence-corrected chi connectivity index (χ3v) is 4.16. The molecule has 1 saturated carbocycles. The molecule has 120 valence electrons. The Labute approximate surface area is 130 Å². The molecule has 2 atom stereocenters. The van der Waals surface area contributed by atoms with Gasteiger partial charge in [-0.15, -0.1) is 0 Å². The molecule has 6 heteroatoms. The van der Waals surface area contributed by atoms with Gasteiger partial charge in [-0.1, -0.05) is 19.8 Å². The molecule has 1 aliphatic rings. The molecule has 0 amide bonds. The van der Waals surface area contributed by atoms with Crippen molar-refractivity contribution < 1.29 is 14.5 Å². The second-order valence-corrected chi connectivity index (χ2v) is 5.72. The standard InChI is InChI=1S/C16H22N2O4/c1-3-22-16(19)12-8-9-14(15(10-12)18(20)21)17-13-7-5-4-6-11(13)2/h8-11,13,17H,3-7H2,1-2H3/t11-,13+/m0/s1. The topological polar surface area (TPSA) is 81.5 Å². The van der Waals surface area contributed by atoms with E-state index in [1.165, 1.54) is 12.5 Å². The van der Waals surface area contributed by atoms with E-state index in [4.69, 9.17) is 4.74 Å². The lowest BCUT2D eigenvalue weighted by molar-refractivity contribution is -0.384. The van der Waals surface area contributed by atoms with E-state index in [1.807, 2.05) is 0 Å². The highest BCUT2D eigenvalue weighted by Crippen LogP contribution is 2.31. The number of nitrogens with zero attached hydrogens (tertiary/aromatic N) is 1. The Morgan fingerprint density at radius 1 is 1.41 bits per heavy atom. The number of carbonyl (C=O) groups excluding carboxylic acids is 1. The summed E-state index contributed by atoms with van der Waals surface area (Å²) in [6.45, 7) is 4.11. The first-order valence-electron chi connectivity index (χ1n) is 7.75. The lowest BCUT2D eigenvalue weighted by Crippen LogP contribution is -2.30. The summed E-state index contributed by atoms with van der Waals surface area (Å²) < 4.78 is 4.89. The van der Waals surface area contributed by atoms with E-state index in [0.717, 1.165) is 19.3 Å². The predicted molar refractivity (Wildman–Crippen MR) is 84.1 cm³/mol. The molecule has 0 unspecified atom stereocenters. The fourth-order valence-corrected chi connectivity index (χ4v) is 2.88. The van der Waals surface area contributed by atoms with Gasteiger partial charge in [-0.2, -0.15) is 0 Å². The normalized spacial score (nSPS) is 21.2. The largest absolute Gasteiger partial charge is 0.462 e. The van der Waals surface area contributed by atoms with Crippen molar-refractivity contribution in [1.82, 2.24) is 0 Å². The van der Waals surface area contributed by atoms with Gasteiger partial charge in [-0.3, -0.25) is 10.1 Å². The molecule has 1 N–H and O–H groups in total. The molecular weight excluding hydrogens is 284 g/mol. The van der Waals surface area contributed by atoms with Gasteiger partial charge in [-0.05, 0) is 37.8 Å². The van der Waals surface area contributed by atoms with Gasteiger partial charge in [0.1, 0.15) is 5.69 Å². The number of carbonyl (C=O) groups is 1. The van der Waals surface area contributed by atoms with Crippen LogP contribution in [0.15, 0.2) is 18.2 Å². The molecule has 1 fully saturated rings. The van der Waals surface area contributed by atoms with E-state index in [9.17, 15) is 14.9 Å². The van der Waals surface area contributed by atoms with Crippen LogP contribution in [0.3, 0.4) is 0 Å². The van der Waals surface area contributed by atoms with Crippen LogP contribution >= 0.6 is 0 Å². The number of hydrogen-bond acceptors (Lipinski definition) is 5. The Kier molecular flexibility index (Phi) is 5.35. The minimum Gasteiger partial charge on any atom is -0.462 e. The van der Waals surface area contributed by atoms with Crippen LogP contribution in [0, 0.1) is 16.0 Å². The highest BCUT2D eigenvalue weighted by Gasteiger charge is 2.25. The third-order valence-electron chi connectivity index (χ3n) is 4.16. The van der Waals surface area contributed by atoms with Crippen LogP contribution in [0.25, 0.3) is 0 Å². The van der Waals surface area contributed by atoms with Gasteiger partial charge in [0.2, 0.25) is 0 Å². The van der Waals surface area contributed by atoms with Crippen LogP contribution in [-0.2, 0) is 4.74 Å². The fraction of sp³-hybridized carbons (Fsp3) is 0.562. The fourth-order valence-electron chi connectivity index (χ4n) is 2.88. The van der Waals surface area contributed by atoms with Crippen molar-refractivity contribution in [2.24, 2.45) is 5.92 Å². The van der Waals surface area contributed by atoms with E-state index < -0.39 is 10.9 Å². The second kappa shape index (κ2) is 7.24. The summed E-state index contributed by atoms with van der Waals surface area (Å²) in [5.41, 5.74) is 0.593. The Morgan fingerprint density at radius 3 is 2.77 bits per heavy atom. The Balaban J connectivity index is 2.23.